The number of allylic oxidation sites excluding steroid dienone is 4. The standard InChI is InChI=1S/C21H23FN4/c22-20-2-1-14(9-17(20)12-23)16-10-15-3-6-25-13-19(15)21(11-16)26-18-4-7-24-8-5-18/h1-3,9-11,13,17-18,20,24-26H,4-8H2. The third-order valence-electron chi connectivity index (χ3n) is 5.24. The molecule has 0 radical (unpaired) electrons. The molecule has 1 aliphatic carbocycles. The maximum atomic E-state index is 13.8. The van der Waals surface area contributed by atoms with Gasteiger partial charge in [0.1, 0.15) is 12.1 Å². The van der Waals surface area contributed by atoms with Crippen LogP contribution in [0.3, 0.4) is 0 Å². The molecule has 3 aliphatic rings. The van der Waals surface area contributed by atoms with E-state index in [9.17, 15) is 9.65 Å². The molecule has 0 aromatic heterocycles. The molecule has 0 amide bonds. The lowest BCUT2D eigenvalue weighted by molar-refractivity contribution is 0.359. The molecule has 2 unspecified atom stereocenters. The van der Waals surface area contributed by atoms with Crippen LogP contribution >= 0.6 is 0 Å². The molecule has 0 saturated carbocycles. The predicted molar refractivity (Wildman–Crippen MR) is 103 cm³/mol. The van der Waals surface area contributed by atoms with Crippen molar-refractivity contribution in [2.45, 2.75) is 25.1 Å². The van der Waals surface area contributed by atoms with Gasteiger partial charge in [-0.25, -0.2) is 4.39 Å². The number of anilines is 1. The fourth-order valence-electron chi connectivity index (χ4n) is 3.76. The van der Waals surface area contributed by atoms with Crippen LogP contribution in [0.4, 0.5) is 10.1 Å². The molecule has 3 N–H and O–H groups in total. The highest BCUT2D eigenvalue weighted by Gasteiger charge is 2.21. The first-order valence-electron chi connectivity index (χ1n) is 9.24. The third kappa shape index (κ3) is 3.38. The maximum Gasteiger partial charge on any atom is 0.138 e. The molecule has 1 fully saturated rings. The van der Waals surface area contributed by atoms with Crippen LogP contribution in [0.15, 0.2) is 30.4 Å². The molecule has 0 bridgehead atoms. The zero-order valence-corrected chi connectivity index (χ0v) is 14.6. The number of hydrogen-bond donors (Lipinski definition) is 3. The Balaban J connectivity index is 1.74. The number of piperidine rings is 1. The Labute approximate surface area is 152 Å². The van der Waals surface area contributed by atoms with E-state index in [1.807, 2.05) is 6.07 Å². The Kier molecular flexibility index (Phi) is 4.77. The minimum atomic E-state index is -1.22. The van der Waals surface area contributed by atoms with Gasteiger partial charge < -0.3 is 16.0 Å². The van der Waals surface area contributed by atoms with E-state index in [0.717, 1.165) is 49.3 Å². The Hall–Kier alpha value is -2.58. The van der Waals surface area contributed by atoms with E-state index >= 15 is 0 Å². The van der Waals surface area contributed by atoms with Crippen LogP contribution < -0.4 is 26.4 Å². The molecule has 2 aliphatic heterocycles. The summed E-state index contributed by atoms with van der Waals surface area (Å²) < 4.78 is 13.8. The number of alkyl halides is 1. The van der Waals surface area contributed by atoms with Crippen molar-refractivity contribution in [2.24, 2.45) is 5.92 Å². The number of rotatable bonds is 3. The van der Waals surface area contributed by atoms with Gasteiger partial charge in [-0.3, -0.25) is 0 Å². The molecule has 0 spiro atoms. The summed E-state index contributed by atoms with van der Waals surface area (Å²) in [4.78, 5) is 0. The van der Waals surface area contributed by atoms with Gasteiger partial charge in [-0.1, -0.05) is 18.2 Å². The molecule has 134 valence electrons. The van der Waals surface area contributed by atoms with E-state index in [0.29, 0.717) is 6.04 Å². The molecular formula is C21H23FN4. The molecule has 1 saturated heterocycles. The van der Waals surface area contributed by atoms with E-state index in [4.69, 9.17) is 0 Å². The van der Waals surface area contributed by atoms with E-state index in [2.05, 4.69) is 40.4 Å². The zero-order valence-electron chi connectivity index (χ0n) is 14.6. The number of fused-ring (bicyclic) bond motifs is 1. The first-order chi connectivity index (χ1) is 12.7. The quantitative estimate of drug-likeness (QED) is 0.771. The first kappa shape index (κ1) is 16.9. The van der Waals surface area contributed by atoms with Crippen LogP contribution in [-0.4, -0.2) is 31.8 Å². The molecule has 4 nitrogen and oxygen atoms in total. The van der Waals surface area contributed by atoms with Crippen molar-refractivity contribution in [3.63, 3.8) is 0 Å². The van der Waals surface area contributed by atoms with E-state index < -0.39 is 12.1 Å². The SMILES string of the molecule is N#CC1C=C(c2cc(NC3CCNCC3)c3c(c2)=CCNC=3)C=CC1F. The summed E-state index contributed by atoms with van der Waals surface area (Å²) in [6.07, 6.45) is 10.2. The van der Waals surface area contributed by atoms with E-state index in [-0.39, 0.29) is 0 Å². The zero-order chi connectivity index (χ0) is 17.9. The molecule has 5 heteroatoms. The second-order valence-corrected chi connectivity index (χ2v) is 7.03. The van der Waals surface area contributed by atoms with E-state index in [1.54, 1.807) is 12.2 Å². The van der Waals surface area contributed by atoms with Gasteiger partial charge in [0.2, 0.25) is 0 Å². The van der Waals surface area contributed by atoms with Crippen molar-refractivity contribution in [1.29, 1.82) is 5.26 Å². The average molecular weight is 350 g/mol. The fraction of sp³-hybridized carbons (Fsp3) is 0.381. The Morgan fingerprint density at radius 2 is 2.08 bits per heavy atom. The molecule has 1 aromatic rings. The summed E-state index contributed by atoms with van der Waals surface area (Å²) in [5, 5.41) is 21.9. The van der Waals surface area contributed by atoms with Crippen LogP contribution in [0.1, 0.15) is 18.4 Å². The van der Waals surface area contributed by atoms with Gasteiger partial charge in [0.25, 0.3) is 0 Å². The van der Waals surface area contributed by atoms with Crippen molar-refractivity contribution >= 4 is 23.5 Å². The highest BCUT2D eigenvalue weighted by atomic mass is 19.1. The largest absolute Gasteiger partial charge is 0.387 e. The number of benzene rings is 1. The average Bonchev–Trinajstić information content (AvgIpc) is 2.69. The third-order valence-corrected chi connectivity index (χ3v) is 5.24. The summed E-state index contributed by atoms with van der Waals surface area (Å²) in [7, 11) is 0. The van der Waals surface area contributed by atoms with Crippen molar-refractivity contribution in [2.75, 3.05) is 25.0 Å². The number of halogens is 1. The molecule has 26 heavy (non-hydrogen) atoms. The highest BCUT2D eigenvalue weighted by molar-refractivity contribution is 5.78. The van der Waals surface area contributed by atoms with Crippen LogP contribution in [0.5, 0.6) is 0 Å². The first-order valence-corrected chi connectivity index (χ1v) is 9.24. The maximum absolute atomic E-state index is 13.8. The summed E-state index contributed by atoms with van der Waals surface area (Å²) >= 11 is 0. The number of nitriles is 1. The lowest BCUT2D eigenvalue weighted by Gasteiger charge is -2.26. The second-order valence-electron chi connectivity index (χ2n) is 7.03. The van der Waals surface area contributed by atoms with Gasteiger partial charge in [0.15, 0.2) is 0 Å². The van der Waals surface area contributed by atoms with Gasteiger partial charge in [-0.15, -0.1) is 0 Å². The lowest BCUT2D eigenvalue weighted by Crippen LogP contribution is -2.40. The van der Waals surface area contributed by atoms with Crippen LogP contribution in [0.2, 0.25) is 0 Å². The van der Waals surface area contributed by atoms with E-state index in [1.165, 1.54) is 16.5 Å². The van der Waals surface area contributed by atoms with Crippen LogP contribution in [-0.2, 0) is 0 Å². The van der Waals surface area contributed by atoms with Gasteiger partial charge in [-0.05, 0) is 60.5 Å². The Morgan fingerprint density at radius 3 is 2.88 bits per heavy atom. The van der Waals surface area contributed by atoms with Crippen molar-refractivity contribution < 1.29 is 4.39 Å². The summed E-state index contributed by atoms with van der Waals surface area (Å²) in [6, 6.07) is 6.75. The Morgan fingerprint density at radius 1 is 1.23 bits per heavy atom. The highest BCUT2D eigenvalue weighted by Crippen LogP contribution is 2.26. The number of nitrogens with one attached hydrogen (secondary N) is 3. The van der Waals surface area contributed by atoms with Gasteiger partial charge in [0, 0.05) is 29.7 Å². The molecule has 4 rings (SSSR count). The van der Waals surface area contributed by atoms with Crippen LogP contribution in [0, 0.1) is 17.2 Å². The smallest absolute Gasteiger partial charge is 0.138 e. The van der Waals surface area contributed by atoms with Gasteiger partial charge in [-0.2, -0.15) is 5.26 Å². The minimum absolute atomic E-state index is 0.448. The topological polar surface area (TPSA) is 59.9 Å². The molecule has 2 heterocycles. The molecular weight excluding hydrogens is 327 g/mol. The minimum Gasteiger partial charge on any atom is -0.387 e. The van der Waals surface area contributed by atoms with Crippen LogP contribution in [0.25, 0.3) is 17.8 Å². The summed E-state index contributed by atoms with van der Waals surface area (Å²) in [6.45, 7) is 2.86. The normalized spacial score (nSPS) is 25.0. The van der Waals surface area contributed by atoms with Crippen molar-refractivity contribution in [3.8, 4) is 6.07 Å². The lowest BCUT2D eigenvalue weighted by atomic mass is 9.91. The Bertz CT molecular complexity index is 903. The van der Waals surface area contributed by atoms with Crippen molar-refractivity contribution in [3.05, 3.63) is 46.4 Å². The summed E-state index contributed by atoms with van der Waals surface area (Å²) in [5.74, 6) is -0.718. The predicted octanol–water partition coefficient (Wildman–Crippen LogP) is 1.40. The number of hydrogen-bond acceptors (Lipinski definition) is 4. The second kappa shape index (κ2) is 7.35. The van der Waals surface area contributed by atoms with Crippen molar-refractivity contribution in [1.82, 2.24) is 10.6 Å². The molecule has 1 aromatic carbocycles. The fourth-order valence-corrected chi connectivity index (χ4v) is 3.76. The van der Waals surface area contributed by atoms with Gasteiger partial charge in [0.05, 0.1) is 6.07 Å². The monoisotopic (exact) mass is 350 g/mol. The number of nitrogens with zero attached hydrogens (tertiary/aromatic N) is 1. The van der Waals surface area contributed by atoms with Gasteiger partial charge >= 0.3 is 0 Å². The molecule has 2 atom stereocenters. The summed E-state index contributed by atoms with van der Waals surface area (Å²) in [5.41, 5.74) is 3.03.